The third-order valence-electron chi connectivity index (χ3n) is 4.32. The van der Waals surface area contributed by atoms with Gasteiger partial charge in [-0.15, -0.1) is 36.2 Å². The highest BCUT2D eigenvalue weighted by Crippen LogP contribution is 2.27. The van der Waals surface area contributed by atoms with E-state index in [1.807, 2.05) is 16.5 Å². The molecule has 126 valence electrons. The Morgan fingerprint density at radius 1 is 1.23 bits per heavy atom. The largest absolute Gasteiger partial charge is 0.346 e. The van der Waals surface area contributed by atoms with Crippen molar-refractivity contribution in [2.75, 3.05) is 31.1 Å². The van der Waals surface area contributed by atoms with Crippen LogP contribution < -0.4 is 10.6 Å². The lowest BCUT2D eigenvalue weighted by Gasteiger charge is -2.24. The van der Waals surface area contributed by atoms with Crippen molar-refractivity contribution in [2.24, 2.45) is 11.7 Å². The summed E-state index contributed by atoms with van der Waals surface area (Å²) in [6.45, 7) is 3.55. The van der Waals surface area contributed by atoms with Crippen LogP contribution in [-0.2, 0) is 4.79 Å². The molecule has 2 fully saturated rings. The maximum absolute atomic E-state index is 12.5. The first-order valence-electron chi connectivity index (χ1n) is 7.43. The summed E-state index contributed by atoms with van der Waals surface area (Å²) in [4.78, 5) is 21.2. The molecule has 1 aromatic heterocycles. The van der Waals surface area contributed by atoms with Gasteiger partial charge in [-0.25, -0.2) is 4.98 Å². The predicted molar refractivity (Wildman–Crippen MR) is 95.3 cm³/mol. The third kappa shape index (κ3) is 4.47. The molecule has 1 aromatic rings. The molecule has 2 N–H and O–H groups in total. The first-order valence-corrected chi connectivity index (χ1v) is 8.31. The first-order chi connectivity index (χ1) is 9.74. The summed E-state index contributed by atoms with van der Waals surface area (Å²) in [7, 11) is 0. The van der Waals surface area contributed by atoms with Gasteiger partial charge in [-0.1, -0.05) is 0 Å². The van der Waals surface area contributed by atoms with E-state index in [1.165, 1.54) is 0 Å². The molecule has 1 amide bonds. The lowest BCUT2D eigenvalue weighted by molar-refractivity contribution is -0.135. The number of nitrogens with zero attached hydrogens (tertiary/aromatic N) is 3. The first kappa shape index (κ1) is 19.5. The molecule has 1 aliphatic carbocycles. The van der Waals surface area contributed by atoms with Gasteiger partial charge < -0.3 is 15.5 Å². The van der Waals surface area contributed by atoms with E-state index in [9.17, 15) is 4.79 Å². The summed E-state index contributed by atoms with van der Waals surface area (Å²) in [6, 6.07) is 0.225. The zero-order valence-electron chi connectivity index (χ0n) is 12.5. The van der Waals surface area contributed by atoms with Gasteiger partial charge in [-0.2, -0.15) is 0 Å². The minimum atomic E-state index is 0. The molecule has 1 saturated heterocycles. The lowest BCUT2D eigenvalue weighted by atomic mass is 10.1. The molecule has 2 heterocycles. The maximum Gasteiger partial charge on any atom is 0.225 e. The number of carbonyl (C=O) groups excluding carboxylic acids is 1. The number of hydrogen-bond donors (Lipinski definition) is 1. The van der Waals surface area contributed by atoms with Crippen LogP contribution in [-0.4, -0.2) is 48.0 Å². The summed E-state index contributed by atoms with van der Waals surface area (Å²) in [5, 5.41) is 3.07. The monoisotopic (exact) mass is 366 g/mol. The van der Waals surface area contributed by atoms with Crippen LogP contribution in [0.1, 0.15) is 25.7 Å². The highest BCUT2D eigenvalue weighted by atomic mass is 35.5. The maximum atomic E-state index is 12.5. The molecule has 8 heteroatoms. The van der Waals surface area contributed by atoms with Crippen molar-refractivity contribution in [3.8, 4) is 0 Å². The fourth-order valence-corrected chi connectivity index (χ4v) is 3.90. The molecule has 22 heavy (non-hydrogen) atoms. The number of carbonyl (C=O) groups is 1. The Bertz CT molecular complexity index is 460. The highest BCUT2D eigenvalue weighted by molar-refractivity contribution is 7.13. The smallest absolute Gasteiger partial charge is 0.225 e. The number of hydrogen-bond acceptors (Lipinski definition) is 5. The fourth-order valence-electron chi connectivity index (χ4n) is 3.20. The molecule has 1 aliphatic heterocycles. The Balaban J connectivity index is 0.00000121. The van der Waals surface area contributed by atoms with Gasteiger partial charge in [0, 0.05) is 49.7 Å². The lowest BCUT2D eigenvalue weighted by Crippen LogP contribution is -2.38. The third-order valence-corrected chi connectivity index (χ3v) is 5.15. The van der Waals surface area contributed by atoms with Gasteiger partial charge in [-0.3, -0.25) is 4.79 Å². The van der Waals surface area contributed by atoms with Gasteiger partial charge in [0.1, 0.15) is 0 Å². The summed E-state index contributed by atoms with van der Waals surface area (Å²) in [5.74, 6) is 0.482. The topological polar surface area (TPSA) is 62.5 Å². The van der Waals surface area contributed by atoms with Crippen LogP contribution >= 0.6 is 36.2 Å². The van der Waals surface area contributed by atoms with E-state index in [2.05, 4.69) is 9.88 Å². The molecule has 0 radical (unpaired) electrons. The fraction of sp³-hybridized carbons (Fsp3) is 0.714. The Morgan fingerprint density at radius 3 is 2.68 bits per heavy atom. The minimum absolute atomic E-state index is 0. The standard InChI is InChI=1S/C14H22N4OS.2ClH/c15-12-3-2-11(10-12)13(19)17-5-1-6-18(8-7-17)14-16-4-9-20-14;;/h4,9,11-12H,1-3,5-8,10,15H2;2*1H. The number of halogens is 2. The van der Waals surface area contributed by atoms with Gasteiger partial charge in [0.2, 0.25) is 5.91 Å². The van der Waals surface area contributed by atoms with Crippen molar-refractivity contribution >= 4 is 47.2 Å². The summed E-state index contributed by atoms with van der Waals surface area (Å²) < 4.78 is 0. The van der Waals surface area contributed by atoms with Crippen LogP contribution in [0.15, 0.2) is 11.6 Å². The van der Waals surface area contributed by atoms with E-state index in [0.29, 0.717) is 5.91 Å². The summed E-state index contributed by atoms with van der Waals surface area (Å²) >= 11 is 1.67. The zero-order valence-corrected chi connectivity index (χ0v) is 15.0. The molecule has 0 bridgehead atoms. The Hall–Kier alpha value is -0.560. The molecule has 0 spiro atoms. The van der Waals surface area contributed by atoms with Crippen molar-refractivity contribution < 1.29 is 4.79 Å². The van der Waals surface area contributed by atoms with E-state index in [1.54, 1.807) is 11.3 Å². The van der Waals surface area contributed by atoms with Gasteiger partial charge in [-0.05, 0) is 25.7 Å². The number of anilines is 1. The molecule has 2 aliphatic rings. The summed E-state index contributed by atoms with van der Waals surface area (Å²) in [6.07, 6.45) is 5.69. The average molecular weight is 367 g/mol. The molecule has 5 nitrogen and oxygen atoms in total. The van der Waals surface area contributed by atoms with Crippen molar-refractivity contribution in [1.82, 2.24) is 9.88 Å². The van der Waals surface area contributed by atoms with Crippen molar-refractivity contribution in [2.45, 2.75) is 31.7 Å². The van der Waals surface area contributed by atoms with E-state index in [0.717, 1.165) is 57.0 Å². The quantitative estimate of drug-likeness (QED) is 0.870. The Kier molecular flexibility index (Phi) is 7.89. The van der Waals surface area contributed by atoms with Crippen LogP contribution in [0, 0.1) is 5.92 Å². The normalized spacial score (nSPS) is 25.1. The van der Waals surface area contributed by atoms with Crippen LogP contribution in [0.25, 0.3) is 0 Å². The van der Waals surface area contributed by atoms with E-state index in [4.69, 9.17) is 5.73 Å². The van der Waals surface area contributed by atoms with Gasteiger partial charge in [0.05, 0.1) is 0 Å². The minimum Gasteiger partial charge on any atom is -0.346 e. The van der Waals surface area contributed by atoms with Crippen LogP contribution in [0.3, 0.4) is 0 Å². The number of aromatic nitrogens is 1. The Labute approximate surface area is 148 Å². The van der Waals surface area contributed by atoms with Crippen LogP contribution in [0.4, 0.5) is 5.13 Å². The Morgan fingerprint density at radius 2 is 2.05 bits per heavy atom. The second-order valence-electron chi connectivity index (χ2n) is 5.75. The molecule has 3 rings (SSSR count). The average Bonchev–Trinajstić information content (AvgIpc) is 3.05. The van der Waals surface area contributed by atoms with E-state index < -0.39 is 0 Å². The predicted octanol–water partition coefficient (Wildman–Crippen LogP) is 2.15. The van der Waals surface area contributed by atoms with Gasteiger partial charge in [0.25, 0.3) is 0 Å². The molecule has 1 saturated carbocycles. The van der Waals surface area contributed by atoms with Crippen molar-refractivity contribution in [3.05, 3.63) is 11.6 Å². The van der Waals surface area contributed by atoms with E-state index >= 15 is 0 Å². The van der Waals surface area contributed by atoms with Crippen LogP contribution in [0.2, 0.25) is 0 Å². The number of nitrogens with two attached hydrogens (primary N) is 1. The van der Waals surface area contributed by atoms with Gasteiger partial charge >= 0.3 is 0 Å². The number of rotatable bonds is 2. The second kappa shape index (κ2) is 8.91. The zero-order chi connectivity index (χ0) is 13.9. The number of amides is 1. The SMILES string of the molecule is Cl.Cl.NC1CCC(C(=O)N2CCCN(c3nccs3)CC2)C1. The van der Waals surface area contributed by atoms with E-state index in [-0.39, 0.29) is 36.8 Å². The second-order valence-corrected chi connectivity index (χ2v) is 6.62. The van der Waals surface area contributed by atoms with Crippen molar-refractivity contribution in [1.29, 1.82) is 0 Å². The highest BCUT2D eigenvalue weighted by Gasteiger charge is 2.31. The molecular weight excluding hydrogens is 343 g/mol. The number of thiazole rings is 1. The van der Waals surface area contributed by atoms with Crippen molar-refractivity contribution in [3.63, 3.8) is 0 Å². The van der Waals surface area contributed by atoms with Gasteiger partial charge in [0.15, 0.2) is 5.13 Å². The van der Waals surface area contributed by atoms with Crippen LogP contribution in [0.5, 0.6) is 0 Å². The molecular formula is C14H24Cl2N4OS. The molecule has 2 atom stereocenters. The summed E-state index contributed by atoms with van der Waals surface area (Å²) in [5.41, 5.74) is 5.92. The molecule has 2 unspecified atom stereocenters. The molecule has 0 aromatic carbocycles.